The van der Waals surface area contributed by atoms with Gasteiger partial charge >= 0.3 is 0 Å². The summed E-state index contributed by atoms with van der Waals surface area (Å²) in [5.74, 6) is 0.591. The van der Waals surface area contributed by atoms with E-state index in [0.29, 0.717) is 30.1 Å². The Morgan fingerprint density at radius 1 is 0.794 bits per heavy atom. The largest absolute Gasteiger partial charge is 0.368 e. The lowest BCUT2D eigenvalue weighted by Gasteiger charge is -2.39. The molecule has 5 rings (SSSR count). The van der Waals surface area contributed by atoms with Gasteiger partial charge in [-0.25, -0.2) is 0 Å². The van der Waals surface area contributed by atoms with Crippen molar-refractivity contribution in [2.45, 2.75) is 51.1 Å². The predicted molar refractivity (Wildman–Crippen MR) is 132 cm³/mol. The van der Waals surface area contributed by atoms with Gasteiger partial charge in [0.2, 0.25) is 5.91 Å². The van der Waals surface area contributed by atoms with E-state index in [1.54, 1.807) is 6.92 Å². The molecule has 2 saturated heterocycles. The summed E-state index contributed by atoms with van der Waals surface area (Å²) in [6.45, 7) is 4.36. The number of rotatable bonds is 4. The van der Waals surface area contributed by atoms with Gasteiger partial charge in [0.05, 0.1) is 0 Å². The summed E-state index contributed by atoms with van der Waals surface area (Å²) >= 11 is 0. The van der Waals surface area contributed by atoms with E-state index in [4.69, 9.17) is 0 Å². The Labute approximate surface area is 201 Å². The fraction of sp³-hybridized carbons (Fsp3) is 0.464. The molecule has 3 fully saturated rings. The van der Waals surface area contributed by atoms with Gasteiger partial charge in [-0.2, -0.15) is 0 Å². The van der Waals surface area contributed by atoms with Crippen LogP contribution in [0.4, 0.5) is 5.69 Å². The zero-order valence-corrected chi connectivity index (χ0v) is 19.9. The number of nitrogens with zero attached hydrogens (tertiary/aromatic N) is 3. The molecule has 3 unspecified atom stereocenters. The molecule has 2 heterocycles. The van der Waals surface area contributed by atoms with Crippen LogP contribution in [-0.2, 0) is 4.79 Å². The van der Waals surface area contributed by atoms with Crippen molar-refractivity contribution in [1.82, 2.24) is 9.80 Å². The van der Waals surface area contributed by atoms with Crippen molar-refractivity contribution < 1.29 is 14.4 Å². The average Bonchev–Trinajstić information content (AvgIpc) is 3.28. The molecule has 1 saturated carbocycles. The van der Waals surface area contributed by atoms with Crippen molar-refractivity contribution in [2.24, 2.45) is 5.92 Å². The predicted octanol–water partition coefficient (Wildman–Crippen LogP) is 4.01. The number of Topliss-reactive ketones (excluding diaryl/α,β-unsaturated/α-hetero) is 1. The van der Waals surface area contributed by atoms with Crippen LogP contribution in [0.3, 0.4) is 0 Å². The lowest BCUT2D eigenvalue weighted by molar-refractivity contribution is -0.136. The average molecular weight is 460 g/mol. The number of benzene rings is 2. The maximum atomic E-state index is 13.7. The fourth-order valence-corrected chi connectivity index (χ4v) is 6.01. The minimum atomic E-state index is -0.359. The molecular weight excluding hydrogens is 426 g/mol. The molecule has 0 radical (unpaired) electrons. The summed E-state index contributed by atoms with van der Waals surface area (Å²) in [6.07, 6.45) is 5.21. The van der Waals surface area contributed by atoms with E-state index in [2.05, 4.69) is 4.90 Å². The van der Waals surface area contributed by atoms with Crippen LogP contribution in [-0.4, -0.2) is 65.7 Å². The molecular formula is C28H33N3O3. The first-order valence-electron chi connectivity index (χ1n) is 12.6. The number of carbonyl (C=O) groups excluding carboxylic acids is 3. The second kappa shape index (κ2) is 9.61. The summed E-state index contributed by atoms with van der Waals surface area (Å²) in [5, 5.41) is 0. The molecule has 2 aromatic rings. The summed E-state index contributed by atoms with van der Waals surface area (Å²) in [4.78, 5) is 45.0. The van der Waals surface area contributed by atoms with Gasteiger partial charge in [0.15, 0.2) is 5.78 Å². The Kier molecular flexibility index (Phi) is 6.40. The molecule has 2 aromatic carbocycles. The lowest BCUT2D eigenvalue weighted by atomic mass is 9.84. The first kappa shape index (κ1) is 22.6. The minimum Gasteiger partial charge on any atom is -0.368 e. The number of ketones is 1. The molecule has 2 aliphatic heterocycles. The SMILES string of the molecule is CC(=O)c1ccc(N2CCN(C(=O)C3CC4CCCCC4N3C(=O)c3ccccc3)CC2)cc1. The van der Waals surface area contributed by atoms with Gasteiger partial charge in [0.1, 0.15) is 6.04 Å². The van der Waals surface area contributed by atoms with E-state index in [1.807, 2.05) is 64.4 Å². The van der Waals surface area contributed by atoms with Crippen LogP contribution in [0.2, 0.25) is 0 Å². The second-order valence-corrected chi connectivity index (χ2v) is 9.86. The monoisotopic (exact) mass is 459 g/mol. The molecule has 34 heavy (non-hydrogen) atoms. The highest BCUT2D eigenvalue weighted by molar-refractivity contribution is 5.98. The maximum absolute atomic E-state index is 13.7. The van der Waals surface area contributed by atoms with Crippen LogP contribution in [0.15, 0.2) is 54.6 Å². The van der Waals surface area contributed by atoms with Crippen molar-refractivity contribution in [3.05, 3.63) is 65.7 Å². The molecule has 6 heteroatoms. The number of carbonyl (C=O) groups is 3. The molecule has 6 nitrogen and oxygen atoms in total. The molecule has 3 atom stereocenters. The van der Waals surface area contributed by atoms with Crippen LogP contribution < -0.4 is 4.90 Å². The highest BCUT2D eigenvalue weighted by atomic mass is 16.2. The molecule has 0 N–H and O–H groups in total. The summed E-state index contributed by atoms with van der Waals surface area (Å²) in [7, 11) is 0. The number of likely N-dealkylation sites (tertiary alicyclic amines) is 1. The first-order valence-corrected chi connectivity index (χ1v) is 12.6. The van der Waals surface area contributed by atoms with Crippen molar-refractivity contribution in [1.29, 1.82) is 0 Å². The number of anilines is 1. The number of fused-ring (bicyclic) bond motifs is 1. The molecule has 3 aliphatic rings. The van der Waals surface area contributed by atoms with Crippen molar-refractivity contribution in [3.63, 3.8) is 0 Å². The Bertz CT molecular complexity index is 1040. The van der Waals surface area contributed by atoms with Crippen LogP contribution in [0.25, 0.3) is 0 Å². The normalized spacial score (nSPS) is 24.6. The third-order valence-electron chi connectivity index (χ3n) is 7.86. The van der Waals surface area contributed by atoms with Gasteiger partial charge in [-0.1, -0.05) is 31.0 Å². The van der Waals surface area contributed by atoms with Gasteiger partial charge in [-0.15, -0.1) is 0 Å². The summed E-state index contributed by atoms with van der Waals surface area (Å²) < 4.78 is 0. The molecule has 178 valence electrons. The standard InChI is InChI=1S/C28H33N3O3/c1-20(32)21-11-13-24(14-12-21)29-15-17-30(18-16-29)28(34)26-19-23-9-5-6-10-25(23)31(26)27(33)22-7-3-2-4-8-22/h2-4,7-8,11-14,23,25-26H,5-6,9-10,15-19H2,1H3. The van der Waals surface area contributed by atoms with Crippen molar-refractivity contribution in [2.75, 3.05) is 31.1 Å². The summed E-state index contributed by atoms with van der Waals surface area (Å²) in [5.41, 5.74) is 2.46. The Hall–Kier alpha value is -3.15. The van der Waals surface area contributed by atoms with Crippen LogP contribution in [0, 0.1) is 5.92 Å². The quantitative estimate of drug-likeness (QED) is 0.648. The topological polar surface area (TPSA) is 60.9 Å². The van der Waals surface area contributed by atoms with E-state index in [0.717, 1.165) is 44.5 Å². The minimum absolute atomic E-state index is 0.00227. The maximum Gasteiger partial charge on any atom is 0.254 e. The smallest absolute Gasteiger partial charge is 0.254 e. The highest BCUT2D eigenvalue weighted by Gasteiger charge is 2.48. The second-order valence-electron chi connectivity index (χ2n) is 9.86. The van der Waals surface area contributed by atoms with Gasteiger partial charge in [0.25, 0.3) is 5.91 Å². The Morgan fingerprint density at radius 3 is 2.15 bits per heavy atom. The number of amides is 2. The molecule has 0 bridgehead atoms. The first-order chi connectivity index (χ1) is 16.5. The highest BCUT2D eigenvalue weighted by Crippen LogP contribution is 2.41. The van der Waals surface area contributed by atoms with Crippen LogP contribution >= 0.6 is 0 Å². The summed E-state index contributed by atoms with van der Waals surface area (Å²) in [6, 6.07) is 16.9. The van der Waals surface area contributed by atoms with E-state index < -0.39 is 0 Å². The third-order valence-corrected chi connectivity index (χ3v) is 7.86. The Morgan fingerprint density at radius 2 is 1.47 bits per heavy atom. The number of hydrogen-bond donors (Lipinski definition) is 0. The van der Waals surface area contributed by atoms with Crippen molar-refractivity contribution >= 4 is 23.3 Å². The lowest BCUT2D eigenvalue weighted by Crippen LogP contribution is -2.55. The van der Waals surface area contributed by atoms with Crippen LogP contribution in [0.5, 0.6) is 0 Å². The molecule has 2 amide bonds. The molecule has 0 spiro atoms. The van der Waals surface area contributed by atoms with Crippen molar-refractivity contribution in [3.8, 4) is 0 Å². The number of hydrogen-bond acceptors (Lipinski definition) is 4. The zero-order chi connectivity index (χ0) is 23.7. The van der Waals surface area contributed by atoms with Gasteiger partial charge < -0.3 is 14.7 Å². The van der Waals surface area contributed by atoms with E-state index in [9.17, 15) is 14.4 Å². The molecule has 0 aromatic heterocycles. The van der Waals surface area contributed by atoms with Gasteiger partial charge in [-0.05, 0) is 68.5 Å². The van der Waals surface area contributed by atoms with E-state index >= 15 is 0 Å². The zero-order valence-electron chi connectivity index (χ0n) is 19.9. The van der Waals surface area contributed by atoms with E-state index in [1.165, 1.54) is 6.42 Å². The molecule has 1 aliphatic carbocycles. The Balaban J connectivity index is 1.29. The van der Waals surface area contributed by atoms with E-state index in [-0.39, 0.29) is 29.7 Å². The van der Waals surface area contributed by atoms with Crippen LogP contribution in [0.1, 0.15) is 59.7 Å². The third kappa shape index (κ3) is 4.33. The fourth-order valence-electron chi connectivity index (χ4n) is 6.01. The van der Waals surface area contributed by atoms with Gasteiger partial charge in [-0.3, -0.25) is 14.4 Å². The van der Waals surface area contributed by atoms with Gasteiger partial charge in [0, 0.05) is 49.0 Å². The number of piperazine rings is 1.